The summed E-state index contributed by atoms with van der Waals surface area (Å²) in [6.45, 7) is 11.2. The number of anilines is 1. The molecule has 11 nitrogen and oxygen atoms in total. The molecule has 11 heteroatoms. The maximum atomic E-state index is 13.8. The molecule has 0 aliphatic carbocycles. The summed E-state index contributed by atoms with van der Waals surface area (Å²) >= 11 is 0. The van der Waals surface area contributed by atoms with Gasteiger partial charge in [-0.2, -0.15) is 0 Å². The minimum atomic E-state index is -0.166. The van der Waals surface area contributed by atoms with Gasteiger partial charge in [-0.25, -0.2) is 9.97 Å². The number of hydrogen-bond donors (Lipinski definition) is 2. The molecule has 308 valence electrons. The van der Waals surface area contributed by atoms with Crippen LogP contribution in [-0.2, 0) is 0 Å². The highest BCUT2D eigenvalue weighted by Crippen LogP contribution is 2.42. The van der Waals surface area contributed by atoms with Crippen molar-refractivity contribution >= 4 is 28.5 Å². The quantitative estimate of drug-likeness (QED) is 0.140. The van der Waals surface area contributed by atoms with E-state index in [0.29, 0.717) is 29.9 Å². The van der Waals surface area contributed by atoms with E-state index >= 15 is 0 Å². The second-order valence-electron chi connectivity index (χ2n) is 16.3. The molecule has 2 atom stereocenters. The molecule has 4 aromatic heterocycles. The minimum Gasteiger partial charge on any atom is -0.339 e. The zero-order valence-corrected chi connectivity index (χ0v) is 35.0. The third-order valence-corrected chi connectivity index (χ3v) is 12.6. The van der Waals surface area contributed by atoms with E-state index < -0.39 is 0 Å². The molecule has 7 aromatic rings. The summed E-state index contributed by atoms with van der Waals surface area (Å²) in [6, 6.07) is 33.8. The standard InChI is InChI=1S/C50H51N9O2/c1-33-11-9-23-51-45(33)43-17-8-18-44(46-34(2)12-10-24-52-46)59(43)30-27-57-25-28-58(29-26-57)50(61)38-21-19-36(20-22-38)42-31-40-47(53-32-54-48(40)55-42)39-15-7-16-41(35(39)3)56-49(60)37-13-5-4-6-14-37/h4-7,9-16,19-24,31-32,43-44H,8,17-18,25-30H2,1-3H3,(H,56,60)(H,53,54,55)/t43-,44+. The lowest BCUT2D eigenvalue weighted by Gasteiger charge is -2.44. The maximum absolute atomic E-state index is 13.8. The Hall–Kier alpha value is -6.56. The Balaban J connectivity index is 0.852. The van der Waals surface area contributed by atoms with Gasteiger partial charge in [0.25, 0.3) is 11.8 Å². The first-order chi connectivity index (χ1) is 29.8. The monoisotopic (exact) mass is 809 g/mol. The number of piperidine rings is 1. The number of piperazine rings is 1. The van der Waals surface area contributed by atoms with Crippen LogP contribution in [0, 0.1) is 20.8 Å². The molecule has 2 aliphatic rings. The van der Waals surface area contributed by atoms with E-state index in [2.05, 4.69) is 62.1 Å². The second kappa shape index (κ2) is 17.6. The van der Waals surface area contributed by atoms with E-state index in [1.807, 2.05) is 97.0 Å². The molecule has 0 unspecified atom stereocenters. The van der Waals surface area contributed by atoms with Gasteiger partial charge < -0.3 is 15.2 Å². The summed E-state index contributed by atoms with van der Waals surface area (Å²) in [7, 11) is 0. The van der Waals surface area contributed by atoms with Crippen molar-refractivity contribution in [3.8, 4) is 22.5 Å². The highest BCUT2D eigenvalue weighted by molar-refractivity contribution is 6.05. The first-order valence-electron chi connectivity index (χ1n) is 21.3. The van der Waals surface area contributed by atoms with Crippen LogP contribution < -0.4 is 5.32 Å². The summed E-state index contributed by atoms with van der Waals surface area (Å²) < 4.78 is 0. The van der Waals surface area contributed by atoms with Crippen LogP contribution in [0.2, 0.25) is 0 Å². The van der Waals surface area contributed by atoms with Gasteiger partial charge in [-0.1, -0.05) is 54.6 Å². The number of nitrogens with zero attached hydrogens (tertiary/aromatic N) is 7. The number of likely N-dealkylation sites (tertiary alicyclic amines) is 1. The number of hydrogen-bond acceptors (Lipinski definition) is 8. The van der Waals surface area contributed by atoms with Crippen LogP contribution in [0.5, 0.6) is 0 Å². The van der Waals surface area contributed by atoms with Crippen molar-refractivity contribution in [2.24, 2.45) is 0 Å². The van der Waals surface area contributed by atoms with Gasteiger partial charge in [0.15, 0.2) is 0 Å². The normalized spacial score (nSPS) is 17.4. The van der Waals surface area contributed by atoms with Gasteiger partial charge in [-0.15, -0.1) is 0 Å². The highest BCUT2D eigenvalue weighted by atomic mass is 16.2. The number of H-pyrrole nitrogens is 1. The fourth-order valence-electron chi connectivity index (χ4n) is 9.17. The molecule has 6 heterocycles. The maximum Gasteiger partial charge on any atom is 0.255 e. The summed E-state index contributed by atoms with van der Waals surface area (Å²) in [4.78, 5) is 56.4. The van der Waals surface area contributed by atoms with Gasteiger partial charge in [0.1, 0.15) is 12.0 Å². The van der Waals surface area contributed by atoms with Gasteiger partial charge >= 0.3 is 0 Å². The average molecular weight is 810 g/mol. The molecule has 0 saturated carbocycles. The van der Waals surface area contributed by atoms with Crippen LogP contribution in [0.3, 0.4) is 0 Å². The van der Waals surface area contributed by atoms with Crippen molar-refractivity contribution < 1.29 is 9.59 Å². The fraction of sp³-hybridized carbons (Fsp3) is 0.280. The van der Waals surface area contributed by atoms with Crippen molar-refractivity contribution in [3.63, 3.8) is 0 Å². The lowest BCUT2D eigenvalue weighted by Crippen LogP contribution is -2.51. The van der Waals surface area contributed by atoms with Crippen molar-refractivity contribution in [3.05, 3.63) is 161 Å². The Morgan fingerprint density at radius 3 is 2.07 bits per heavy atom. The third-order valence-electron chi connectivity index (χ3n) is 12.6. The number of carbonyl (C=O) groups is 2. The molecule has 2 aliphatic heterocycles. The number of rotatable bonds is 10. The molecule has 0 bridgehead atoms. The van der Waals surface area contributed by atoms with Crippen molar-refractivity contribution in [1.82, 2.24) is 39.6 Å². The summed E-state index contributed by atoms with van der Waals surface area (Å²) in [6.07, 6.45) is 8.72. The first kappa shape index (κ1) is 39.9. The number of nitrogens with one attached hydrogen (secondary N) is 2. The van der Waals surface area contributed by atoms with E-state index in [-0.39, 0.29) is 23.9 Å². The predicted molar refractivity (Wildman–Crippen MR) is 240 cm³/mol. The van der Waals surface area contributed by atoms with Crippen molar-refractivity contribution in [2.75, 3.05) is 44.6 Å². The molecule has 2 amide bonds. The lowest BCUT2D eigenvalue weighted by molar-refractivity contribution is 0.0466. The average Bonchev–Trinajstić information content (AvgIpc) is 3.75. The van der Waals surface area contributed by atoms with Crippen molar-refractivity contribution in [2.45, 2.75) is 52.1 Å². The van der Waals surface area contributed by atoms with Crippen LogP contribution in [0.15, 0.2) is 122 Å². The van der Waals surface area contributed by atoms with E-state index in [9.17, 15) is 9.59 Å². The fourth-order valence-corrected chi connectivity index (χ4v) is 9.17. The SMILES string of the molecule is Cc1cccnc1[C@H]1CCC[C@@H](c2ncccc2C)N1CCN1CCN(C(=O)c2ccc(-c3cc4c(-c5cccc(NC(=O)c6ccccc6)c5C)ncnc4[nH]3)cc2)CC1. The van der Waals surface area contributed by atoms with Gasteiger partial charge in [0.05, 0.1) is 29.2 Å². The van der Waals surface area contributed by atoms with Crippen LogP contribution in [-0.4, -0.2) is 90.7 Å². The van der Waals surface area contributed by atoms with E-state index in [1.165, 1.54) is 22.5 Å². The Labute approximate surface area is 356 Å². The number of fused-ring (bicyclic) bond motifs is 1. The molecule has 2 fully saturated rings. The lowest BCUT2D eigenvalue weighted by atomic mass is 9.89. The summed E-state index contributed by atoms with van der Waals surface area (Å²) in [5, 5.41) is 3.93. The summed E-state index contributed by atoms with van der Waals surface area (Å²) in [5.41, 5.74) is 11.9. The van der Waals surface area contributed by atoms with Crippen LogP contribution >= 0.6 is 0 Å². The number of benzene rings is 3. The number of pyridine rings is 2. The van der Waals surface area contributed by atoms with Crippen LogP contribution in [0.4, 0.5) is 5.69 Å². The van der Waals surface area contributed by atoms with Gasteiger partial charge in [0.2, 0.25) is 0 Å². The molecule has 2 saturated heterocycles. The Kier molecular flexibility index (Phi) is 11.5. The largest absolute Gasteiger partial charge is 0.339 e. The second-order valence-corrected chi connectivity index (χ2v) is 16.3. The molecule has 2 N–H and O–H groups in total. The number of aromatic nitrogens is 5. The molecular formula is C50H51N9O2. The van der Waals surface area contributed by atoms with E-state index in [0.717, 1.165) is 84.6 Å². The Morgan fingerprint density at radius 2 is 1.39 bits per heavy atom. The molecule has 9 rings (SSSR count). The number of aryl methyl sites for hydroxylation is 2. The molecule has 0 radical (unpaired) electrons. The van der Waals surface area contributed by atoms with Crippen LogP contribution in [0.1, 0.15) is 80.1 Å². The summed E-state index contributed by atoms with van der Waals surface area (Å²) in [5.74, 6) is -0.112. The Bertz CT molecular complexity index is 2620. The van der Waals surface area contributed by atoms with E-state index in [4.69, 9.17) is 9.97 Å². The van der Waals surface area contributed by atoms with Gasteiger partial charge in [-0.05, 0) is 111 Å². The third kappa shape index (κ3) is 8.31. The first-order valence-corrected chi connectivity index (χ1v) is 21.3. The molecular weight excluding hydrogens is 759 g/mol. The zero-order valence-electron chi connectivity index (χ0n) is 35.0. The smallest absolute Gasteiger partial charge is 0.255 e. The topological polar surface area (TPSA) is 123 Å². The number of carbonyl (C=O) groups excluding carboxylic acids is 2. The molecule has 0 spiro atoms. The molecule has 61 heavy (non-hydrogen) atoms. The van der Waals surface area contributed by atoms with Crippen LogP contribution in [0.25, 0.3) is 33.5 Å². The zero-order chi connectivity index (χ0) is 41.9. The molecule has 3 aromatic carbocycles. The van der Waals surface area contributed by atoms with Gasteiger partial charge in [0, 0.05) is 85.1 Å². The number of aromatic amines is 1. The minimum absolute atomic E-state index is 0.0538. The van der Waals surface area contributed by atoms with E-state index in [1.54, 1.807) is 18.5 Å². The Morgan fingerprint density at radius 1 is 0.705 bits per heavy atom. The predicted octanol–water partition coefficient (Wildman–Crippen LogP) is 8.99. The highest BCUT2D eigenvalue weighted by Gasteiger charge is 2.36. The van der Waals surface area contributed by atoms with Gasteiger partial charge in [-0.3, -0.25) is 29.4 Å². The number of amides is 2. The van der Waals surface area contributed by atoms with Crippen molar-refractivity contribution in [1.29, 1.82) is 0 Å².